The van der Waals surface area contributed by atoms with Crippen molar-refractivity contribution >= 4 is 17.6 Å². The molecule has 1 aromatic rings. The fourth-order valence-electron chi connectivity index (χ4n) is 1.02. The first kappa shape index (κ1) is 11.3. The van der Waals surface area contributed by atoms with Crippen LogP contribution < -0.4 is 16.4 Å². The lowest BCUT2D eigenvalue weighted by Gasteiger charge is -2.19. The first-order chi connectivity index (χ1) is 6.78. The highest BCUT2D eigenvalue weighted by Gasteiger charge is 2.29. The third-order valence-electron chi connectivity index (χ3n) is 1.56. The fraction of sp³-hybridized carbons (Fsp3) is 0.429. The van der Waals surface area contributed by atoms with E-state index in [4.69, 9.17) is 11.5 Å². The van der Waals surface area contributed by atoms with E-state index in [0.717, 1.165) is 4.90 Å². The molecule has 0 amide bonds. The van der Waals surface area contributed by atoms with Crippen molar-refractivity contribution in [2.75, 3.05) is 30.0 Å². The van der Waals surface area contributed by atoms with E-state index in [1.165, 1.54) is 13.1 Å². The molecule has 0 fully saturated rings. The van der Waals surface area contributed by atoms with Crippen LogP contribution in [0.3, 0.4) is 0 Å². The van der Waals surface area contributed by atoms with Crippen LogP contribution in [-0.4, -0.2) is 29.7 Å². The van der Waals surface area contributed by atoms with Crippen LogP contribution in [-0.2, 0) is 0 Å². The SMILES string of the molecule is CN(CC(F)(F)F)c1cc(N)nc(N)n1. The quantitative estimate of drug-likeness (QED) is 0.765. The van der Waals surface area contributed by atoms with Crippen LogP contribution in [0.5, 0.6) is 0 Å². The molecule has 1 rings (SSSR count). The summed E-state index contributed by atoms with van der Waals surface area (Å²) in [5, 5.41) is 0. The lowest BCUT2D eigenvalue weighted by molar-refractivity contribution is -0.119. The minimum absolute atomic E-state index is 0.0338. The Labute approximate surface area is 83.9 Å². The van der Waals surface area contributed by atoms with Crippen LogP contribution in [0.25, 0.3) is 0 Å². The van der Waals surface area contributed by atoms with Crippen LogP contribution in [0, 0.1) is 0 Å². The minimum atomic E-state index is -4.30. The summed E-state index contributed by atoms with van der Waals surface area (Å²) >= 11 is 0. The Kier molecular flexibility index (Phi) is 2.87. The van der Waals surface area contributed by atoms with Crippen molar-refractivity contribution in [1.82, 2.24) is 9.97 Å². The van der Waals surface area contributed by atoms with E-state index in [1.54, 1.807) is 0 Å². The highest BCUT2D eigenvalue weighted by molar-refractivity contribution is 5.49. The van der Waals surface area contributed by atoms with Gasteiger partial charge in [0.05, 0.1) is 0 Å². The molecule has 0 spiro atoms. The average Bonchev–Trinajstić information content (AvgIpc) is 1.98. The molecule has 1 heterocycles. The number of nitrogens with zero attached hydrogens (tertiary/aromatic N) is 3. The fourth-order valence-corrected chi connectivity index (χ4v) is 1.02. The lowest BCUT2D eigenvalue weighted by atomic mass is 10.4. The molecule has 5 nitrogen and oxygen atoms in total. The Bertz CT molecular complexity index is 331. The van der Waals surface area contributed by atoms with Gasteiger partial charge in [-0.05, 0) is 0 Å². The predicted molar refractivity (Wildman–Crippen MR) is 50.2 cm³/mol. The zero-order valence-electron chi connectivity index (χ0n) is 7.91. The van der Waals surface area contributed by atoms with Crippen molar-refractivity contribution in [1.29, 1.82) is 0 Å². The molecule has 0 radical (unpaired) electrons. The zero-order chi connectivity index (χ0) is 11.6. The van der Waals surface area contributed by atoms with Gasteiger partial charge in [-0.3, -0.25) is 0 Å². The van der Waals surface area contributed by atoms with Crippen LogP contribution >= 0.6 is 0 Å². The van der Waals surface area contributed by atoms with Crippen molar-refractivity contribution in [3.63, 3.8) is 0 Å². The van der Waals surface area contributed by atoms with Crippen LogP contribution in [0.2, 0.25) is 0 Å². The molecule has 84 valence electrons. The molecular weight excluding hydrogens is 211 g/mol. The maximum Gasteiger partial charge on any atom is 0.405 e. The number of anilines is 3. The summed E-state index contributed by atoms with van der Waals surface area (Å²) in [5.41, 5.74) is 10.6. The summed E-state index contributed by atoms with van der Waals surface area (Å²) in [5.74, 6) is -0.0807. The third kappa shape index (κ3) is 3.49. The van der Waals surface area contributed by atoms with E-state index in [0.29, 0.717) is 0 Å². The molecule has 0 aliphatic carbocycles. The van der Waals surface area contributed by atoms with Crippen LogP contribution in [0.15, 0.2) is 6.07 Å². The number of nitrogen functional groups attached to an aromatic ring is 2. The Morgan fingerprint density at radius 3 is 2.40 bits per heavy atom. The maximum absolute atomic E-state index is 12.0. The van der Waals surface area contributed by atoms with Crippen molar-refractivity contribution in [3.8, 4) is 0 Å². The molecule has 8 heteroatoms. The standard InChI is InChI=1S/C7H10F3N5/c1-15(3-7(8,9)10)5-2-4(11)13-6(12)14-5/h2H,3H2,1H3,(H4,11,12,13,14). The molecule has 0 aliphatic rings. The molecule has 4 N–H and O–H groups in total. The number of aromatic nitrogens is 2. The van der Waals surface area contributed by atoms with Gasteiger partial charge in [-0.15, -0.1) is 0 Å². The van der Waals surface area contributed by atoms with E-state index >= 15 is 0 Å². The van der Waals surface area contributed by atoms with E-state index < -0.39 is 12.7 Å². The molecular formula is C7H10F3N5. The van der Waals surface area contributed by atoms with Gasteiger partial charge in [0.1, 0.15) is 18.2 Å². The van der Waals surface area contributed by atoms with Gasteiger partial charge in [0.2, 0.25) is 5.95 Å². The Balaban J connectivity index is 2.86. The van der Waals surface area contributed by atoms with Gasteiger partial charge in [-0.25, -0.2) is 0 Å². The maximum atomic E-state index is 12.0. The van der Waals surface area contributed by atoms with Crippen molar-refractivity contribution in [3.05, 3.63) is 6.07 Å². The van der Waals surface area contributed by atoms with E-state index in [1.807, 2.05) is 0 Å². The molecule has 0 unspecified atom stereocenters. The molecule has 15 heavy (non-hydrogen) atoms. The van der Waals surface area contributed by atoms with E-state index in [-0.39, 0.29) is 17.6 Å². The normalized spacial score (nSPS) is 11.5. The Morgan fingerprint density at radius 2 is 1.93 bits per heavy atom. The van der Waals surface area contributed by atoms with Gasteiger partial charge < -0.3 is 16.4 Å². The van der Waals surface area contributed by atoms with Gasteiger partial charge >= 0.3 is 6.18 Å². The molecule has 0 atom stereocenters. The monoisotopic (exact) mass is 221 g/mol. The molecule has 1 aromatic heterocycles. The number of nitrogens with two attached hydrogens (primary N) is 2. The predicted octanol–water partition coefficient (Wildman–Crippen LogP) is 0.639. The minimum Gasteiger partial charge on any atom is -0.383 e. The molecule has 0 saturated carbocycles. The van der Waals surface area contributed by atoms with E-state index in [2.05, 4.69) is 9.97 Å². The van der Waals surface area contributed by atoms with Gasteiger partial charge in [0, 0.05) is 13.1 Å². The highest BCUT2D eigenvalue weighted by atomic mass is 19.4. The zero-order valence-corrected chi connectivity index (χ0v) is 7.91. The number of hydrogen-bond donors (Lipinski definition) is 2. The molecule has 0 aliphatic heterocycles. The van der Waals surface area contributed by atoms with Gasteiger partial charge in [-0.1, -0.05) is 0 Å². The smallest absolute Gasteiger partial charge is 0.383 e. The summed E-state index contributed by atoms with van der Waals surface area (Å²) in [4.78, 5) is 8.08. The number of hydrogen-bond acceptors (Lipinski definition) is 5. The summed E-state index contributed by atoms with van der Waals surface area (Å²) < 4.78 is 36.1. The highest BCUT2D eigenvalue weighted by Crippen LogP contribution is 2.20. The van der Waals surface area contributed by atoms with Gasteiger partial charge in [0.15, 0.2) is 0 Å². The Morgan fingerprint density at radius 1 is 1.33 bits per heavy atom. The second-order valence-corrected chi connectivity index (χ2v) is 2.98. The van der Waals surface area contributed by atoms with Crippen molar-refractivity contribution < 1.29 is 13.2 Å². The number of alkyl halides is 3. The van der Waals surface area contributed by atoms with Gasteiger partial charge in [-0.2, -0.15) is 23.1 Å². The number of halogens is 3. The summed E-state index contributed by atoms with van der Waals surface area (Å²) in [6.45, 7) is -1.12. The topological polar surface area (TPSA) is 81.1 Å². The lowest BCUT2D eigenvalue weighted by Crippen LogP contribution is -2.31. The molecule has 0 bridgehead atoms. The summed E-state index contributed by atoms with van der Waals surface area (Å²) in [6.07, 6.45) is -4.30. The molecule has 0 saturated heterocycles. The average molecular weight is 221 g/mol. The largest absolute Gasteiger partial charge is 0.405 e. The Hall–Kier alpha value is -1.73. The second kappa shape index (κ2) is 3.79. The first-order valence-electron chi connectivity index (χ1n) is 3.96. The number of rotatable bonds is 2. The molecule has 0 aromatic carbocycles. The summed E-state index contributed by atoms with van der Waals surface area (Å²) in [7, 11) is 1.24. The van der Waals surface area contributed by atoms with Crippen LogP contribution in [0.1, 0.15) is 0 Å². The van der Waals surface area contributed by atoms with Crippen LogP contribution in [0.4, 0.5) is 30.8 Å². The third-order valence-corrected chi connectivity index (χ3v) is 1.56. The van der Waals surface area contributed by atoms with Crippen molar-refractivity contribution in [2.24, 2.45) is 0 Å². The van der Waals surface area contributed by atoms with Crippen molar-refractivity contribution in [2.45, 2.75) is 6.18 Å². The van der Waals surface area contributed by atoms with Gasteiger partial charge in [0.25, 0.3) is 0 Å². The first-order valence-corrected chi connectivity index (χ1v) is 3.96. The summed E-state index contributed by atoms with van der Waals surface area (Å²) in [6, 6.07) is 1.22. The second-order valence-electron chi connectivity index (χ2n) is 2.98. The van der Waals surface area contributed by atoms with E-state index in [9.17, 15) is 13.2 Å².